The van der Waals surface area contributed by atoms with E-state index in [4.69, 9.17) is 0 Å². The van der Waals surface area contributed by atoms with Gasteiger partial charge in [-0.15, -0.1) is 0 Å². The molecule has 0 aromatic heterocycles. The number of hydrogen-bond donors (Lipinski definition) is 0. The Bertz CT molecular complexity index is 129. The predicted molar refractivity (Wildman–Crippen MR) is 61.6 cm³/mol. The summed E-state index contributed by atoms with van der Waals surface area (Å²) in [5, 5.41) is 0. The van der Waals surface area contributed by atoms with E-state index in [1.165, 1.54) is 10.8 Å². The quantitative estimate of drug-likeness (QED) is 0.531. The van der Waals surface area contributed by atoms with Crippen LogP contribution in [-0.4, -0.2) is 4.43 Å². The summed E-state index contributed by atoms with van der Waals surface area (Å²) < 4.78 is 1.41. The van der Waals surface area contributed by atoms with Crippen LogP contribution in [0.5, 0.6) is 0 Å². The number of halogens is 1. The molecule has 1 heteroatoms. The minimum Gasteiger partial charge on any atom is -0.0861 e. The highest BCUT2D eigenvalue weighted by Crippen LogP contribution is 2.50. The van der Waals surface area contributed by atoms with Gasteiger partial charge in [0.05, 0.1) is 0 Å². The first kappa shape index (κ1) is 9.29. The van der Waals surface area contributed by atoms with E-state index in [2.05, 4.69) is 29.5 Å². The van der Waals surface area contributed by atoms with E-state index >= 15 is 0 Å². The number of hydrogen-bond acceptors (Lipinski definition) is 0. The molecule has 0 amide bonds. The molecule has 0 aromatic carbocycles. The maximum atomic E-state index is 2.60. The molecular formula is C11H19I. The van der Waals surface area contributed by atoms with Crippen molar-refractivity contribution in [1.82, 2.24) is 0 Å². The van der Waals surface area contributed by atoms with Gasteiger partial charge in [0, 0.05) is 4.43 Å². The van der Waals surface area contributed by atoms with Crippen molar-refractivity contribution < 1.29 is 0 Å². The van der Waals surface area contributed by atoms with Crippen LogP contribution in [0.4, 0.5) is 0 Å². The molecule has 0 saturated heterocycles. The molecule has 0 N–H and O–H groups in total. The Morgan fingerprint density at radius 1 is 1.00 bits per heavy atom. The van der Waals surface area contributed by atoms with Crippen LogP contribution in [-0.2, 0) is 0 Å². The molecule has 0 radical (unpaired) electrons. The number of rotatable bonds is 2. The minimum absolute atomic E-state index is 1.09. The molecule has 0 aliphatic heterocycles. The highest BCUT2D eigenvalue weighted by Gasteiger charge is 2.41. The summed E-state index contributed by atoms with van der Waals surface area (Å²) in [6, 6.07) is 0. The van der Waals surface area contributed by atoms with Crippen LogP contribution in [0.2, 0.25) is 0 Å². The van der Waals surface area contributed by atoms with E-state index in [0.29, 0.717) is 0 Å². The van der Waals surface area contributed by atoms with Crippen molar-refractivity contribution in [2.24, 2.45) is 23.7 Å². The molecule has 3 rings (SSSR count). The average molecular weight is 278 g/mol. The Hall–Kier alpha value is 0.730. The molecule has 2 atom stereocenters. The van der Waals surface area contributed by atoms with Crippen molar-refractivity contribution in [2.45, 2.75) is 39.0 Å². The summed E-state index contributed by atoms with van der Waals surface area (Å²) in [5.41, 5.74) is 0. The van der Waals surface area contributed by atoms with Gasteiger partial charge in [-0.25, -0.2) is 0 Å². The molecule has 2 unspecified atom stereocenters. The zero-order valence-electron chi connectivity index (χ0n) is 7.93. The fraction of sp³-hybridized carbons (Fsp3) is 1.00. The Morgan fingerprint density at radius 2 is 1.50 bits per heavy atom. The highest BCUT2D eigenvalue weighted by atomic mass is 127. The van der Waals surface area contributed by atoms with Crippen LogP contribution in [0.25, 0.3) is 0 Å². The summed E-state index contributed by atoms with van der Waals surface area (Å²) >= 11 is 2.60. The number of alkyl halides is 1. The predicted octanol–water partition coefficient (Wildman–Crippen LogP) is 3.88. The third-order valence-corrected chi connectivity index (χ3v) is 5.24. The third-order valence-electron chi connectivity index (χ3n) is 4.23. The van der Waals surface area contributed by atoms with Crippen LogP contribution in [0, 0.1) is 23.7 Å². The van der Waals surface area contributed by atoms with Gasteiger partial charge in [-0.3, -0.25) is 0 Å². The van der Waals surface area contributed by atoms with Gasteiger partial charge in [-0.2, -0.15) is 0 Å². The van der Waals surface area contributed by atoms with E-state index in [9.17, 15) is 0 Å². The van der Waals surface area contributed by atoms with Crippen molar-refractivity contribution in [3.63, 3.8) is 0 Å². The second-order valence-electron chi connectivity index (χ2n) is 4.57. The Balaban J connectivity index is 2.10. The molecule has 3 aliphatic rings. The molecule has 3 fully saturated rings. The fourth-order valence-electron chi connectivity index (χ4n) is 3.58. The van der Waals surface area contributed by atoms with Gasteiger partial charge in [0.2, 0.25) is 0 Å². The highest BCUT2D eigenvalue weighted by molar-refractivity contribution is 14.1. The third kappa shape index (κ3) is 1.42. The average Bonchev–Trinajstić information content (AvgIpc) is 2.18. The van der Waals surface area contributed by atoms with Gasteiger partial charge in [0.1, 0.15) is 0 Å². The maximum Gasteiger partial charge on any atom is 0.00290 e. The molecule has 70 valence electrons. The van der Waals surface area contributed by atoms with Gasteiger partial charge in [-0.05, 0) is 49.4 Å². The standard InChI is InChI=1S/C11H19I/c1-2-10-8-3-5-9(6-4-8)11(10)7-12/h8-11H,2-7H2,1H3. The van der Waals surface area contributed by atoms with Crippen molar-refractivity contribution >= 4 is 22.6 Å². The van der Waals surface area contributed by atoms with Crippen LogP contribution < -0.4 is 0 Å². The normalized spacial score (nSPS) is 46.5. The summed E-state index contributed by atoms with van der Waals surface area (Å²) in [5.74, 6) is 4.40. The lowest BCUT2D eigenvalue weighted by Gasteiger charge is -2.48. The monoisotopic (exact) mass is 278 g/mol. The van der Waals surface area contributed by atoms with E-state index in [1.54, 1.807) is 25.7 Å². The first-order chi connectivity index (χ1) is 5.86. The maximum absolute atomic E-state index is 2.60. The Morgan fingerprint density at radius 3 is 1.83 bits per heavy atom. The first-order valence-electron chi connectivity index (χ1n) is 5.42. The van der Waals surface area contributed by atoms with Crippen molar-refractivity contribution in [1.29, 1.82) is 0 Å². The van der Waals surface area contributed by atoms with E-state index in [1.807, 2.05) is 0 Å². The van der Waals surface area contributed by atoms with Gasteiger partial charge < -0.3 is 0 Å². The summed E-state index contributed by atoms with van der Waals surface area (Å²) in [7, 11) is 0. The van der Waals surface area contributed by atoms with Crippen LogP contribution in [0.3, 0.4) is 0 Å². The van der Waals surface area contributed by atoms with E-state index in [0.717, 1.165) is 23.7 Å². The molecular weight excluding hydrogens is 259 g/mol. The first-order valence-corrected chi connectivity index (χ1v) is 6.95. The van der Waals surface area contributed by atoms with Gasteiger partial charge >= 0.3 is 0 Å². The lowest BCUT2D eigenvalue weighted by Crippen LogP contribution is -2.40. The second-order valence-corrected chi connectivity index (χ2v) is 5.45. The SMILES string of the molecule is CCC1C2CCC(CC2)C1CI. The van der Waals surface area contributed by atoms with Crippen LogP contribution >= 0.6 is 22.6 Å². The number of fused-ring (bicyclic) bond motifs is 3. The van der Waals surface area contributed by atoms with Crippen LogP contribution in [0.1, 0.15) is 39.0 Å². The molecule has 0 aromatic rings. The fourth-order valence-corrected chi connectivity index (χ4v) is 4.95. The Kier molecular flexibility index (Phi) is 2.98. The van der Waals surface area contributed by atoms with Crippen molar-refractivity contribution in [2.75, 3.05) is 4.43 Å². The molecule has 3 saturated carbocycles. The zero-order chi connectivity index (χ0) is 8.55. The smallest absolute Gasteiger partial charge is 0.00290 e. The largest absolute Gasteiger partial charge is 0.0861 e. The summed E-state index contributed by atoms with van der Waals surface area (Å²) in [6.45, 7) is 2.39. The molecule has 0 nitrogen and oxygen atoms in total. The van der Waals surface area contributed by atoms with Gasteiger partial charge in [0.25, 0.3) is 0 Å². The van der Waals surface area contributed by atoms with E-state index < -0.39 is 0 Å². The van der Waals surface area contributed by atoms with E-state index in [-0.39, 0.29) is 0 Å². The van der Waals surface area contributed by atoms with Gasteiger partial charge in [0.15, 0.2) is 0 Å². The molecule has 12 heavy (non-hydrogen) atoms. The Labute approximate surface area is 89.6 Å². The molecule has 2 bridgehead atoms. The molecule has 0 spiro atoms. The zero-order valence-corrected chi connectivity index (χ0v) is 10.1. The topological polar surface area (TPSA) is 0 Å². The minimum atomic E-state index is 1.09. The molecule has 0 heterocycles. The lowest BCUT2D eigenvalue weighted by molar-refractivity contribution is 0.0364. The van der Waals surface area contributed by atoms with Gasteiger partial charge in [-0.1, -0.05) is 35.9 Å². The summed E-state index contributed by atoms with van der Waals surface area (Å²) in [6.07, 6.45) is 7.64. The van der Waals surface area contributed by atoms with Crippen molar-refractivity contribution in [3.8, 4) is 0 Å². The molecule has 3 aliphatic carbocycles. The lowest BCUT2D eigenvalue weighted by atomic mass is 9.58. The second kappa shape index (κ2) is 3.85. The van der Waals surface area contributed by atoms with Crippen LogP contribution in [0.15, 0.2) is 0 Å². The summed E-state index contributed by atoms with van der Waals surface area (Å²) in [4.78, 5) is 0. The van der Waals surface area contributed by atoms with Crippen molar-refractivity contribution in [3.05, 3.63) is 0 Å².